The number of aliphatic hydroxyl groups excluding tert-OH is 1. The van der Waals surface area contributed by atoms with Crippen LogP contribution in [0.5, 0.6) is 11.5 Å². The van der Waals surface area contributed by atoms with Crippen LogP contribution < -0.4 is 14.8 Å². The van der Waals surface area contributed by atoms with Crippen molar-refractivity contribution < 1.29 is 29.3 Å². The van der Waals surface area contributed by atoms with Crippen molar-refractivity contribution in [2.75, 3.05) is 13.9 Å². The van der Waals surface area contributed by atoms with Crippen LogP contribution in [0, 0.1) is 5.92 Å². The number of carbonyl (C=O) groups excluding carboxylic acids is 1. The van der Waals surface area contributed by atoms with E-state index in [1.54, 1.807) is 0 Å². The fourth-order valence-electron chi connectivity index (χ4n) is 3.29. The molecule has 3 N–H and O–H groups in total. The lowest BCUT2D eigenvalue weighted by atomic mass is 9.99. The van der Waals surface area contributed by atoms with Crippen LogP contribution in [0.1, 0.15) is 25.8 Å². The van der Waals surface area contributed by atoms with Crippen LogP contribution in [-0.2, 0) is 16.0 Å². The van der Waals surface area contributed by atoms with Gasteiger partial charge in [-0.15, -0.1) is 0 Å². The summed E-state index contributed by atoms with van der Waals surface area (Å²) in [4.78, 5) is 22.9. The van der Waals surface area contributed by atoms with Gasteiger partial charge in [0.25, 0.3) is 0 Å². The quantitative estimate of drug-likeness (QED) is 0.541. The summed E-state index contributed by atoms with van der Waals surface area (Å²) in [6.45, 7) is 4.24. The van der Waals surface area contributed by atoms with Gasteiger partial charge in [-0.05, 0) is 47.6 Å². The molecule has 0 saturated heterocycles. The summed E-state index contributed by atoms with van der Waals surface area (Å²) in [5, 5.41) is 19.5. The third-order valence-corrected chi connectivity index (χ3v) is 4.70. The molecule has 1 heterocycles. The summed E-state index contributed by atoms with van der Waals surface area (Å²) in [6.07, 6.45) is 1.70. The molecule has 0 bridgehead atoms. The summed E-state index contributed by atoms with van der Waals surface area (Å²) >= 11 is 0. The van der Waals surface area contributed by atoms with Crippen molar-refractivity contribution in [2.24, 2.45) is 5.92 Å². The standard InChI is InChI=1S/C22H25NO5.CH4O/c1-14(2)9-18(12-24)23-19(22(25)26)10-15-3-5-16(6-4-15)17-7-8-20-21(11-17)28-13-27-20;1-2/h3-8,11-12,14,18-19,23H,9-10,13H2,1-2H3,(H,25,26);2H,1H3/t18-,19-;/m0./s1. The first-order chi connectivity index (χ1) is 14.5. The summed E-state index contributed by atoms with van der Waals surface area (Å²) in [5.41, 5.74) is 2.90. The lowest BCUT2D eigenvalue weighted by molar-refractivity contribution is -0.139. The van der Waals surface area contributed by atoms with Crippen LogP contribution in [0.25, 0.3) is 11.1 Å². The first-order valence-corrected chi connectivity index (χ1v) is 9.84. The normalized spacial score (nSPS) is 13.9. The number of hydrogen-bond acceptors (Lipinski definition) is 6. The molecule has 0 spiro atoms. The van der Waals surface area contributed by atoms with Gasteiger partial charge < -0.3 is 24.5 Å². The van der Waals surface area contributed by atoms with Gasteiger partial charge in [0, 0.05) is 7.11 Å². The minimum Gasteiger partial charge on any atom is -0.480 e. The number of hydrogen-bond donors (Lipinski definition) is 3. The largest absolute Gasteiger partial charge is 0.480 e. The van der Waals surface area contributed by atoms with Crippen molar-refractivity contribution in [3.05, 3.63) is 48.0 Å². The number of benzene rings is 2. The Kier molecular flexibility index (Phi) is 8.83. The molecule has 0 radical (unpaired) electrons. The fourth-order valence-corrected chi connectivity index (χ4v) is 3.29. The monoisotopic (exact) mass is 415 g/mol. The Balaban J connectivity index is 0.00000155. The lowest BCUT2D eigenvalue weighted by Gasteiger charge is -2.20. The maximum Gasteiger partial charge on any atom is 0.321 e. The molecule has 162 valence electrons. The number of aldehydes is 1. The number of ether oxygens (including phenoxy) is 2. The molecule has 30 heavy (non-hydrogen) atoms. The molecule has 7 heteroatoms. The number of carboxylic acid groups (broad SMARTS) is 1. The van der Waals surface area contributed by atoms with E-state index in [0.29, 0.717) is 18.8 Å². The van der Waals surface area contributed by atoms with Crippen molar-refractivity contribution in [1.82, 2.24) is 5.32 Å². The number of aliphatic carboxylic acids is 1. The number of nitrogens with one attached hydrogen (secondary N) is 1. The molecule has 0 aliphatic carbocycles. The first kappa shape index (κ1) is 23.4. The van der Waals surface area contributed by atoms with Gasteiger partial charge in [0.2, 0.25) is 6.79 Å². The van der Waals surface area contributed by atoms with E-state index in [-0.39, 0.29) is 6.79 Å². The van der Waals surface area contributed by atoms with Crippen molar-refractivity contribution in [3.63, 3.8) is 0 Å². The number of carbonyl (C=O) groups is 2. The van der Waals surface area contributed by atoms with Crippen LogP contribution in [-0.4, -0.2) is 48.5 Å². The second-order valence-electron chi connectivity index (χ2n) is 7.40. The highest BCUT2D eigenvalue weighted by Crippen LogP contribution is 2.35. The molecule has 0 aromatic heterocycles. The Labute approximate surface area is 176 Å². The summed E-state index contributed by atoms with van der Waals surface area (Å²) < 4.78 is 10.7. The minimum atomic E-state index is -0.963. The number of aliphatic hydroxyl groups is 1. The van der Waals surface area contributed by atoms with Gasteiger partial charge in [0.15, 0.2) is 11.5 Å². The molecule has 0 amide bonds. The molecule has 0 saturated carbocycles. The topological polar surface area (TPSA) is 105 Å². The average molecular weight is 415 g/mol. The van der Waals surface area contributed by atoms with E-state index >= 15 is 0 Å². The molecule has 0 unspecified atom stereocenters. The second-order valence-corrected chi connectivity index (χ2v) is 7.40. The third-order valence-electron chi connectivity index (χ3n) is 4.70. The van der Waals surface area contributed by atoms with Crippen molar-refractivity contribution in [3.8, 4) is 22.6 Å². The molecule has 0 fully saturated rings. The van der Waals surface area contributed by atoms with E-state index in [2.05, 4.69) is 5.32 Å². The molecule has 1 aliphatic heterocycles. The molecule has 2 aromatic rings. The highest BCUT2D eigenvalue weighted by molar-refractivity contribution is 5.75. The van der Waals surface area contributed by atoms with E-state index < -0.39 is 18.1 Å². The zero-order chi connectivity index (χ0) is 22.1. The molecule has 2 aromatic carbocycles. The molecule has 3 rings (SSSR count). The maximum atomic E-state index is 11.6. The third kappa shape index (κ3) is 6.30. The number of fused-ring (bicyclic) bond motifs is 1. The van der Waals surface area contributed by atoms with E-state index in [1.807, 2.05) is 56.3 Å². The molecular weight excluding hydrogens is 386 g/mol. The van der Waals surface area contributed by atoms with E-state index in [0.717, 1.165) is 41.6 Å². The van der Waals surface area contributed by atoms with Crippen molar-refractivity contribution in [1.29, 1.82) is 0 Å². The van der Waals surface area contributed by atoms with Crippen LogP contribution >= 0.6 is 0 Å². The van der Waals surface area contributed by atoms with Crippen molar-refractivity contribution >= 4 is 12.3 Å². The Hall–Kier alpha value is -2.90. The van der Waals surface area contributed by atoms with Gasteiger partial charge in [-0.1, -0.05) is 44.2 Å². The van der Waals surface area contributed by atoms with Gasteiger partial charge >= 0.3 is 5.97 Å². The fraction of sp³-hybridized carbons (Fsp3) is 0.391. The van der Waals surface area contributed by atoms with Gasteiger partial charge in [-0.3, -0.25) is 10.1 Å². The number of carboxylic acids is 1. The lowest BCUT2D eigenvalue weighted by Crippen LogP contribution is -2.46. The first-order valence-electron chi connectivity index (χ1n) is 9.84. The molecule has 1 aliphatic rings. The van der Waals surface area contributed by atoms with Crippen molar-refractivity contribution in [2.45, 2.75) is 38.8 Å². The summed E-state index contributed by atoms with van der Waals surface area (Å²) in [7, 11) is 1.00. The van der Waals surface area contributed by atoms with E-state index in [1.165, 1.54) is 0 Å². The highest BCUT2D eigenvalue weighted by Gasteiger charge is 2.22. The van der Waals surface area contributed by atoms with Gasteiger partial charge in [-0.2, -0.15) is 0 Å². The zero-order valence-electron chi connectivity index (χ0n) is 17.5. The molecule has 7 nitrogen and oxygen atoms in total. The smallest absolute Gasteiger partial charge is 0.321 e. The predicted molar refractivity (Wildman–Crippen MR) is 114 cm³/mol. The second kappa shape index (κ2) is 11.3. The zero-order valence-corrected chi connectivity index (χ0v) is 17.5. The van der Waals surface area contributed by atoms with Gasteiger partial charge in [0.1, 0.15) is 12.3 Å². The average Bonchev–Trinajstić information content (AvgIpc) is 3.22. The maximum absolute atomic E-state index is 11.6. The van der Waals surface area contributed by atoms with Crippen LogP contribution in [0.2, 0.25) is 0 Å². The predicted octanol–water partition coefficient (Wildman–Crippen LogP) is 2.89. The molecule has 2 atom stereocenters. The Morgan fingerprint density at radius 1 is 1.07 bits per heavy atom. The molecular formula is C23H29NO6. The Morgan fingerprint density at radius 3 is 2.30 bits per heavy atom. The highest BCUT2D eigenvalue weighted by atomic mass is 16.7. The van der Waals surface area contributed by atoms with Crippen LogP contribution in [0.15, 0.2) is 42.5 Å². The van der Waals surface area contributed by atoms with Gasteiger partial charge in [-0.25, -0.2) is 0 Å². The van der Waals surface area contributed by atoms with Crippen LogP contribution in [0.3, 0.4) is 0 Å². The number of rotatable bonds is 9. The minimum absolute atomic E-state index is 0.236. The Morgan fingerprint density at radius 2 is 1.70 bits per heavy atom. The van der Waals surface area contributed by atoms with E-state index in [4.69, 9.17) is 14.6 Å². The Bertz CT molecular complexity index is 834. The SMILES string of the molecule is CC(C)C[C@@H](C=O)N[C@@H](Cc1ccc(-c2ccc3c(c2)OCO3)cc1)C(=O)O.CO. The summed E-state index contributed by atoms with van der Waals surface area (Å²) in [5.74, 6) is 0.803. The summed E-state index contributed by atoms with van der Waals surface area (Å²) in [6, 6.07) is 12.2. The van der Waals surface area contributed by atoms with Gasteiger partial charge in [0.05, 0.1) is 6.04 Å². The van der Waals surface area contributed by atoms with Crippen LogP contribution in [0.4, 0.5) is 0 Å². The van der Waals surface area contributed by atoms with E-state index in [9.17, 15) is 14.7 Å².